The maximum absolute atomic E-state index is 11.8. The zero-order valence-corrected chi connectivity index (χ0v) is 18.1. The Morgan fingerprint density at radius 3 is 2.70 bits per heavy atom. The summed E-state index contributed by atoms with van der Waals surface area (Å²) in [5, 5.41) is 7.05. The van der Waals surface area contributed by atoms with Gasteiger partial charge in [-0.05, 0) is 31.5 Å². The van der Waals surface area contributed by atoms with Crippen LogP contribution in [0.2, 0.25) is 5.02 Å². The summed E-state index contributed by atoms with van der Waals surface area (Å²) in [5.41, 5.74) is 6.05. The van der Waals surface area contributed by atoms with Gasteiger partial charge in [-0.25, -0.2) is 9.78 Å². The van der Waals surface area contributed by atoms with E-state index in [4.69, 9.17) is 20.8 Å². The molecule has 0 aliphatic rings. The van der Waals surface area contributed by atoms with E-state index in [1.807, 2.05) is 55.5 Å². The number of carbonyl (C=O) groups is 1. The Hall–Kier alpha value is -3.16. The van der Waals surface area contributed by atoms with Crippen molar-refractivity contribution in [3.63, 3.8) is 0 Å². The van der Waals surface area contributed by atoms with E-state index in [0.717, 1.165) is 16.5 Å². The van der Waals surface area contributed by atoms with Gasteiger partial charge in [-0.3, -0.25) is 5.43 Å². The van der Waals surface area contributed by atoms with Gasteiger partial charge >= 0.3 is 5.97 Å². The standard InChI is InChI=1S/C22H18ClN3O3S/c1-12-9-19-15(10-16(12)23)17(11-18(29-19)14-7-5-4-6-8-14)25-26-22-24-13(2)20(30-22)21(27)28-3/h4-11H,1-3H3,(H,24,26). The van der Waals surface area contributed by atoms with Crippen LogP contribution in [0.5, 0.6) is 0 Å². The van der Waals surface area contributed by atoms with Crippen molar-refractivity contribution in [3.05, 3.63) is 75.0 Å². The van der Waals surface area contributed by atoms with Crippen LogP contribution in [-0.2, 0) is 4.74 Å². The van der Waals surface area contributed by atoms with E-state index in [1.165, 1.54) is 18.4 Å². The van der Waals surface area contributed by atoms with Gasteiger partial charge in [0.15, 0.2) is 0 Å². The number of aryl methyl sites for hydroxylation is 2. The second-order valence-electron chi connectivity index (χ2n) is 6.61. The third-order valence-electron chi connectivity index (χ3n) is 4.52. The van der Waals surface area contributed by atoms with Gasteiger partial charge in [0.2, 0.25) is 5.13 Å². The SMILES string of the molecule is COC(=O)c1sc(NN=c2cc(-c3ccccc3)oc3cc(C)c(Cl)cc23)nc1C. The molecule has 0 fully saturated rings. The molecule has 1 N–H and O–H groups in total. The van der Waals surface area contributed by atoms with Crippen LogP contribution in [0.1, 0.15) is 20.9 Å². The van der Waals surface area contributed by atoms with Crippen LogP contribution in [0.25, 0.3) is 22.3 Å². The first kappa shape index (κ1) is 20.1. The topological polar surface area (TPSA) is 76.7 Å². The summed E-state index contributed by atoms with van der Waals surface area (Å²) in [6.45, 7) is 3.68. The largest absolute Gasteiger partial charge is 0.465 e. The predicted octanol–water partition coefficient (Wildman–Crippen LogP) is 5.54. The second-order valence-corrected chi connectivity index (χ2v) is 8.01. The summed E-state index contributed by atoms with van der Waals surface area (Å²) >= 11 is 7.53. The molecule has 2 aromatic carbocycles. The average Bonchev–Trinajstić information content (AvgIpc) is 3.13. The van der Waals surface area contributed by atoms with Crippen molar-refractivity contribution in [2.24, 2.45) is 5.10 Å². The highest BCUT2D eigenvalue weighted by Crippen LogP contribution is 2.27. The van der Waals surface area contributed by atoms with Crippen LogP contribution >= 0.6 is 22.9 Å². The lowest BCUT2D eigenvalue weighted by atomic mass is 10.1. The van der Waals surface area contributed by atoms with E-state index >= 15 is 0 Å². The third kappa shape index (κ3) is 3.94. The highest BCUT2D eigenvalue weighted by atomic mass is 35.5. The van der Waals surface area contributed by atoms with Crippen molar-refractivity contribution >= 4 is 45.0 Å². The molecule has 8 heteroatoms. The fourth-order valence-corrected chi connectivity index (χ4v) is 3.95. The van der Waals surface area contributed by atoms with Crippen LogP contribution in [0.3, 0.4) is 0 Å². The van der Waals surface area contributed by atoms with Gasteiger partial charge < -0.3 is 9.15 Å². The Morgan fingerprint density at radius 2 is 1.97 bits per heavy atom. The molecule has 2 aromatic heterocycles. The van der Waals surface area contributed by atoms with Crippen LogP contribution in [0, 0.1) is 13.8 Å². The van der Waals surface area contributed by atoms with Gasteiger partial charge in [0.05, 0.1) is 18.2 Å². The highest BCUT2D eigenvalue weighted by molar-refractivity contribution is 7.17. The van der Waals surface area contributed by atoms with E-state index in [0.29, 0.717) is 37.4 Å². The van der Waals surface area contributed by atoms with E-state index in [9.17, 15) is 4.79 Å². The third-order valence-corrected chi connectivity index (χ3v) is 5.97. The lowest BCUT2D eigenvalue weighted by Crippen LogP contribution is -2.07. The number of halogens is 1. The van der Waals surface area contributed by atoms with Crippen LogP contribution in [0.15, 0.2) is 58.0 Å². The summed E-state index contributed by atoms with van der Waals surface area (Å²) in [6, 6.07) is 15.4. The Bertz CT molecular complexity index is 1310. The minimum atomic E-state index is -0.421. The molecule has 0 radical (unpaired) electrons. The number of benzene rings is 2. The van der Waals surface area contributed by atoms with Crippen molar-refractivity contribution in [2.75, 3.05) is 12.5 Å². The van der Waals surface area contributed by atoms with Gasteiger partial charge in [0, 0.05) is 22.0 Å². The monoisotopic (exact) mass is 439 g/mol. The molecule has 0 amide bonds. The molecule has 6 nitrogen and oxygen atoms in total. The lowest BCUT2D eigenvalue weighted by Gasteiger charge is -2.07. The molecule has 0 saturated heterocycles. The van der Waals surface area contributed by atoms with Crippen molar-refractivity contribution in [3.8, 4) is 11.3 Å². The Balaban J connectivity index is 1.84. The molecule has 2 heterocycles. The molecular weight excluding hydrogens is 422 g/mol. The molecule has 0 unspecified atom stereocenters. The van der Waals surface area contributed by atoms with Gasteiger partial charge in [-0.2, -0.15) is 5.10 Å². The first-order chi connectivity index (χ1) is 14.5. The lowest BCUT2D eigenvalue weighted by molar-refractivity contribution is 0.0605. The summed E-state index contributed by atoms with van der Waals surface area (Å²) in [6.07, 6.45) is 0. The molecular formula is C22H18ClN3O3S. The summed E-state index contributed by atoms with van der Waals surface area (Å²) in [5.74, 6) is 0.256. The molecule has 0 bridgehead atoms. The number of rotatable bonds is 4. The first-order valence-corrected chi connectivity index (χ1v) is 10.3. The number of nitrogens with zero attached hydrogens (tertiary/aromatic N) is 2. The van der Waals surface area contributed by atoms with Crippen LogP contribution in [-0.4, -0.2) is 18.1 Å². The smallest absolute Gasteiger partial charge is 0.350 e. The summed E-state index contributed by atoms with van der Waals surface area (Å²) < 4.78 is 10.9. The number of aromatic nitrogens is 1. The summed E-state index contributed by atoms with van der Waals surface area (Å²) in [7, 11) is 1.34. The average molecular weight is 440 g/mol. The van der Waals surface area contributed by atoms with Crippen molar-refractivity contribution in [2.45, 2.75) is 13.8 Å². The van der Waals surface area contributed by atoms with Crippen molar-refractivity contribution in [1.29, 1.82) is 0 Å². The van der Waals surface area contributed by atoms with Gasteiger partial charge in [-0.1, -0.05) is 53.3 Å². The van der Waals surface area contributed by atoms with Gasteiger partial charge in [0.1, 0.15) is 16.2 Å². The number of ether oxygens (including phenoxy) is 1. The maximum Gasteiger partial charge on any atom is 0.350 e. The first-order valence-electron chi connectivity index (χ1n) is 9.11. The number of fused-ring (bicyclic) bond motifs is 1. The summed E-state index contributed by atoms with van der Waals surface area (Å²) in [4.78, 5) is 16.6. The molecule has 0 spiro atoms. The normalized spacial score (nSPS) is 11.7. The van der Waals surface area contributed by atoms with Crippen LogP contribution < -0.4 is 10.8 Å². The van der Waals surface area contributed by atoms with E-state index in [-0.39, 0.29) is 0 Å². The molecule has 0 aliphatic carbocycles. The van der Waals surface area contributed by atoms with Gasteiger partial charge in [0.25, 0.3) is 0 Å². The Kier molecular flexibility index (Phi) is 5.57. The zero-order valence-electron chi connectivity index (χ0n) is 16.5. The highest BCUT2D eigenvalue weighted by Gasteiger charge is 2.15. The predicted molar refractivity (Wildman–Crippen MR) is 119 cm³/mol. The van der Waals surface area contributed by atoms with Crippen molar-refractivity contribution < 1.29 is 13.9 Å². The number of carbonyl (C=O) groups excluding carboxylic acids is 1. The van der Waals surface area contributed by atoms with Gasteiger partial charge in [-0.15, -0.1) is 0 Å². The van der Waals surface area contributed by atoms with E-state index in [2.05, 4.69) is 15.5 Å². The number of esters is 1. The molecule has 4 aromatic rings. The maximum atomic E-state index is 11.8. The molecule has 0 atom stereocenters. The number of hydrogen-bond donors (Lipinski definition) is 1. The zero-order chi connectivity index (χ0) is 21.3. The number of nitrogens with one attached hydrogen (secondary N) is 1. The van der Waals surface area contributed by atoms with Crippen LogP contribution in [0.4, 0.5) is 5.13 Å². The molecule has 152 valence electrons. The minimum absolute atomic E-state index is 0.421. The van der Waals surface area contributed by atoms with E-state index in [1.54, 1.807) is 6.92 Å². The van der Waals surface area contributed by atoms with E-state index < -0.39 is 5.97 Å². The quantitative estimate of drug-likeness (QED) is 0.333. The number of methoxy groups -OCH3 is 1. The molecule has 4 rings (SSSR count). The number of anilines is 1. The second kappa shape index (κ2) is 8.30. The minimum Gasteiger partial charge on any atom is -0.465 e. The number of hydrogen-bond acceptors (Lipinski definition) is 7. The molecule has 30 heavy (non-hydrogen) atoms. The molecule has 0 saturated carbocycles. The fraction of sp³-hybridized carbons (Fsp3) is 0.136. The Labute approximate surface area is 181 Å². The molecule has 0 aliphatic heterocycles. The number of thiazole rings is 1. The Morgan fingerprint density at radius 1 is 1.20 bits per heavy atom. The fourth-order valence-electron chi connectivity index (χ4n) is 2.96. The van der Waals surface area contributed by atoms with Crippen molar-refractivity contribution in [1.82, 2.24) is 4.98 Å².